The van der Waals surface area contributed by atoms with Gasteiger partial charge in [0.25, 0.3) is 10.0 Å². The van der Waals surface area contributed by atoms with Gasteiger partial charge in [0.2, 0.25) is 0 Å². The van der Waals surface area contributed by atoms with Crippen LogP contribution in [0.3, 0.4) is 0 Å². The maximum absolute atomic E-state index is 13.1. The van der Waals surface area contributed by atoms with Gasteiger partial charge in [0, 0.05) is 25.6 Å². The molecule has 0 bridgehead atoms. The van der Waals surface area contributed by atoms with E-state index in [2.05, 4.69) is 19.9 Å². The van der Waals surface area contributed by atoms with E-state index in [1.807, 2.05) is 38.1 Å². The molecule has 3 aromatic rings. The van der Waals surface area contributed by atoms with Crippen LogP contribution < -0.4 is 9.64 Å². The Labute approximate surface area is 254 Å². The van der Waals surface area contributed by atoms with Gasteiger partial charge in [-0.05, 0) is 72.7 Å². The van der Waals surface area contributed by atoms with Gasteiger partial charge in [0.1, 0.15) is 5.75 Å². The summed E-state index contributed by atoms with van der Waals surface area (Å²) in [7, 11) is -1.36. The number of piperidine rings is 1. The summed E-state index contributed by atoms with van der Waals surface area (Å²) in [6.45, 7) is 5.73. The van der Waals surface area contributed by atoms with Crippen LogP contribution in [0.1, 0.15) is 38.4 Å². The van der Waals surface area contributed by atoms with Gasteiger partial charge in [0.15, 0.2) is 5.82 Å². The molecule has 2 heterocycles. The van der Waals surface area contributed by atoms with Gasteiger partial charge in [0.05, 0.1) is 18.0 Å². The fraction of sp³-hybridized carbons (Fsp3) is 0.483. The molecule has 1 aromatic heterocycles. The Balaban J connectivity index is 1.33. The number of sulfonamides is 1. The van der Waals surface area contributed by atoms with Crippen molar-refractivity contribution in [1.29, 1.82) is 0 Å². The van der Waals surface area contributed by atoms with E-state index in [1.54, 1.807) is 19.0 Å². The van der Waals surface area contributed by atoms with Crippen LogP contribution in [0.15, 0.2) is 57.9 Å². The molecule has 0 amide bonds. The molecular weight excluding hydrogens is 603 g/mol. The van der Waals surface area contributed by atoms with Crippen molar-refractivity contribution in [1.82, 2.24) is 19.5 Å². The number of hydrogen-bond acceptors (Lipinski definition) is 10. The van der Waals surface area contributed by atoms with Crippen LogP contribution in [-0.4, -0.2) is 87.0 Å². The molecule has 0 unspecified atom stereocenters. The van der Waals surface area contributed by atoms with Gasteiger partial charge in [-0.2, -0.15) is 18.2 Å². The molecule has 11 nitrogen and oxygen atoms in total. The lowest BCUT2D eigenvalue weighted by molar-refractivity contribution is -0.222. The minimum atomic E-state index is -5.35. The quantitative estimate of drug-likeness (QED) is 0.258. The van der Waals surface area contributed by atoms with E-state index in [9.17, 15) is 26.4 Å². The van der Waals surface area contributed by atoms with Gasteiger partial charge in [-0.3, -0.25) is 0 Å². The molecule has 0 spiro atoms. The molecule has 4 rings (SSSR count). The summed E-state index contributed by atoms with van der Waals surface area (Å²) in [5, 5.41) is 4.03. The fourth-order valence-corrected chi connectivity index (χ4v) is 5.62. The first-order valence-electron chi connectivity index (χ1n) is 14.1. The number of hydroxylamine groups is 1. The van der Waals surface area contributed by atoms with Crippen LogP contribution >= 0.6 is 0 Å². The Morgan fingerprint density at radius 1 is 1.02 bits per heavy atom. The molecule has 240 valence electrons. The SMILES string of the molecule is CC(C)c1noc(N2CCC(COc3ccc(-c4ccc(S(=O)(=O)N(CCN(C)C)OC(=O)C(F)(F)F)cc4)cc3)CC2)n1. The summed E-state index contributed by atoms with van der Waals surface area (Å²) in [5.41, 5.74) is 1.46. The van der Waals surface area contributed by atoms with E-state index in [0.29, 0.717) is 35.7 Å². The van der Waals surface area contributed by atoms with Crippen molar-refractivity contribution in [2.24, 2.45) is 5.92 Å². The first-order chi connectivity index (χ1) is 20.7. The van der Waals surface area contributed by atoms with Crippen molar-refractivity contribution in [2.45, 2.75) is 43.7 Å². The second-order valence-electron chi connectivity index (χ2n) is 11.1. The third-order valence-corrected chi connectivity index (χ3v) is 8.73. The zero-order valence-electron chi connectivity index (χ0n) is 25.0. The monoisotopic (exact) mass is 639 g/mol. The first-order valence-corrected chi connectivity index (χ1v) is 15.6. The van der Waals surface area contributed by atoms with E-state index >= 15 is 0 Å². The van der Waals surface area contributed by atoms with Crippen LogP contribution in [0.25, 0.3) is 11.1 Å². The summed E-state index contributed by atoms with van der Waals surface area (Å²) < 4.78 is 75.9. The van der Waals surface area contributed by atoms with Gasteiger partial charge in [-0.1, -0.05) is 43.3 Å². The average Bonchev–Trinajstić information content (AvgIpc) is 3.49. The van der Waals surface area contributed by atoms with Crippen molar-refractivity contribution >= 4 is 22.0 Å². The number of carbonyl (C=O) groups is 1. The lowest BCUT2D eigenvalue weighted by atomic mass is 9.98. The molecule has 15 heteroatoms. The number of hydrogen-bond donors (Lipinski definition) is 0. The topological polar surface area (TPSA) is 118 Å². The minimum Gasteiger partial charge on any atom is -0.493 e. The van der Waals surface area contributed by atoms with E-state index in [1.165, 1.54) is 24.3 Å². The number of carbonyl (C=O) groups excluding carboxylic acids is 1. The molecule has 1 saturated heterocycles. The Hall–Kier alpha value is -3.69. The normalized spacial score (nSPS) is 14.9. The molecule has 1 fully saturated rings. The average molecular weight is 640 g/mol. The summed E-state index contributed by atoms with van der Waals surface area (Å²) in [4.78, 5) is 23.4. The zero-order valence-corrected chi connectivity index (χ0v) is 25.8. The molecule has 0 aliphatic carbocycles. The predicted octanol–water partition coefficient (Wildman–Crippen LogP) is 4.73. The second-order valence-corrected chi connectivity index (χ2v) is 12.9. The summed E-state index contributed by atoms with van der Waals surface area (Å²) in [6.07, 6.45) is -3.50. The molecule has 0 atom stereocenters. The van der Waals surface area contributed by atoms with Crippen LogP contribution in [0.5, 0.6) is 5.75 Å². The van der Waals surface area contributed by atoms with E-state index in [0.717, 1.165) is 31.5 Å². The van der Waals surface area contributed by atoms with Crippen molar-refractivity contribution < 1.29 is 40.5 Å². The maximum Gasteiger partial charge on any atom is 0.492 e. The van der Waals surface area contributed by atoms with Crippen LogP contribution in [-0.2, 0) is 19.7 Å². The Bertz CT molecular complexity index is 1490. The Kier molecular flexibility index (Phi) is 10.5. The lowest BCUT2D eigenvalue weighted by Crippen LogP contribution is -2.41. The number of aromatic nitrogens is 2. The van der Waals surface area contributed by atoms with E-state index < -0.39 is 28.7 Å². The van der Waals surface area contributed by atoms with Gasteiger partial charge in [-0.15, -0.1) is 0 Å². The largest absolute Gasteiger partial charge is 0.493 e. The zero-order chi connectivity index (χ0) is 32.1. The third kappa shape index (κ3) is 8.48. The number of likely N-dealkylation sites (N-methyl/N-ethyl adjacent to an activating group) is 1. The summed E-state index contributed by atoms with van der Waals surface area (Å²) in [6, 6.07) is 13.4. The number of alkyl halides is 3. The highest BCUT2D eigenvalue weighted by molar-refractivity contribution is 7.89. The number of anilines is 1. The van der Waals surface area contributed by atoms with Crippen molar-refractivity contribution in [3.63, 3.8) is 0 Å². The highest BCUT2D eigenvalue weighted by atomic mass is 32.2. The van der Waals surface area contributed by atoms with Crippen molar-refractivity contribution in [2.75, 3.05) is 51.8 Å². The van der Waals surface area contributed by atoms with Crippen LogP contribution in [0.2, 0.25) is 0 Å². The molecular formula is C29H36F3N5O6S. The fourth-order valence-electron chi connectivity index (χ4n) is 4.42. The molecule has 44 heavy (non-hydrogen) atoms. The van der Waals surface area contributed by atoms with Crippen LogP contribution in [0, 0.1) is 5.92 Å². The molecule has 1 aliphatic heterocycles. The Morgan fingerprint density at radius 2 is 1.61 bits per heavy atom. The van der Waals surface area contributed by atoms with Gasteiger partial charge < -0.3 is 23.9 Å². The van der Waals surface area contributed by atoms with Crippen LogP contribution in [0.4, 0.5) is 19.2 Å². The van der Waals surface area contributed by atoms with Gasteiger partial charge >= 0.3 is 18.2 Å². The number of halogens is 3. The maximum atomic E-state index is 13.1. The molecule has 0 saturated carbocycles. The molecule has 0 radical (unpaired) electrons. The van der Waals surface area contributed by atoms with E-state index in [-0.39, 0.29) is 21.8 Å². The first kappa shape index (κ1) is 33.2. The number of ether oxygens (including phenoxy) is 1. The van der Waals surface area contributed by atoms with Crippen molar-refractivity contribution in [3.8, 4) is 16.9 Å². The smallest absolute Gasteiger partial charge is 0.492 e. The standard InChI is InChI=1S/C29H36F3N5O6S/c1-20(2)26-33-28(42-34-26)36-15-13-21(14-16-36)19-41-24-9-5-22(6-10-24)23-7-11-25(12-8-23)44(39,40)37(18-17-35(3)4)43-27(38)29(30,31)32/h5-12,20-21H,13-19H2,1-4H3. The summed E-state index contributed by atoms with van der Waals surface area (Å²) >= 11 is 0. The highest BCUT2D eigenvalue weighted by Gasteiger charge is 2.44. The summed E-state index contributed by atoms with van der Waals surface area (Å²) in [5.74, 6) is -0.646. The van der Waals surface area contributed by atoms with Crippen molar-refractivity contribution in [3.05, 3.63) is 54.4 Å². The molecule has 2 aromatic carbocycles. The number of rotatable bonds is 12. The lowest BCUT2D eigenvalue weighted by Gasteiger charge is -2.30. The number of nitrogens with zero attached hydrogens (tertiary/aromatic N) is 5. The second kappa shape index (κ2) is 13.9. The predicted molar refractivity (Wildman–Crippen MR) is 155 cm³/mol. The van der Waals surface area contributed by atoms with E-state index in [4.69, 9.17) is 9.26 Å². The Morgan fingerprint density at radius 3 is 2.14 bits per heavy atom. The van der Waals surface area contributed by atoms with Gasteiger partial charge in [-0.25, -0.2) is 13.2 Å². The minimum absolute atomic E-state index is 0.0232. The molecule has 0 N–H and O–H groups in total. The third-order valence-electron chi connectivity index (χ3n) is 7.07. The molecule has 1 aliphatic rings. The number of benzene rings is 2. The highest BCUT2D eigenvalue weighted by Crippen LogP contribution is 2.28.